The van der Waals surface area contributed by atoms with Crippen LogP contribution >= 0.6 is 11.3 Å². The van der Waals surface area contributed by atoms with Crippen molar-refractivity contribution in [2.24, 2.45) is 5.92 Å². The van der Waals surface area contributed by atoms with Crippen LogP contribution in [0, 0.1) is 5.92 Å². The Morgan fingerprint density at radius 1 is 1.47 bits per heavy atom. The van der Waals surface area contributed by atoms with Crippen molar-refractivity contribution >= 4 is 17.2 Å². The van der Waals surface area contributed by atoms with E-state index in [0.29, 0.717) is 18.9 Å². The van der Waals surface area contributed by atoms with Gasteiger partial charge in [-0.05, 0) is 43.0 Å². The summed E-state index contributed by atoms with van der Waals surface area (Å²) < 4.78 is 0. The largest absolute Gasteiger partial charge is 0.391 e. The average molecular weight is 281 g/mol. The van der Waals surface area contributed by atoms with Gasteiger partial charge in [0.2, 0.25) is 5.91 Å². The van der Waals surface area contributed by atoms with Gasteiger partial charge in [-0.1, -0.05) is 18.9 Å². The molecule has 1 aliphatic rings. The topological polar surface area (TPSA) is 49.3 Å². The highest BCUT2D eigenvalue weighted by molar-refractivity contribution is 7.09. The van der Waals surface area contributed by atoms with Crippen molar-refractivity contribution in [3.05, 3.63) is 22.4 Å². The van der Waals surface area contributed by atoms with E-state index in [1.54, 1.807) is 11.3 Å². The van der Waals surface area contributed by atoms with Crippen molar-refractivity contribution in [1.29, 1.82) is 0 Å². The van der Waals surface area contributed by atoms with Crippen molar-refractivity contribution in [1.82, 2.24) is 5.32 Å². The summed E-state index contributed by atoms with van der Waals surface area (Å²) in [6.07, 6.45) is 6.69. The summed E-state index contributed by atoms with van der Waals surface area (Å²) in [6.45, 7) is 0.419. The van der Waals surface area contributed by atoms with Crippen LogP contribution in [0.25, 0.3) is 0 Å². The fourth-order valence-electron chi connectivity index (χ4n) is 2.69. The molecule has 0 spiro atoms. The Morgan fingerprint density at radius 3 is 2.95 bits per heavy atom. The van der Waals surface area contributed by atoms with E-state index in [9.17, 15) is 9.90 Å². The number of hydrogen-bond acceptors (Lipinski definition) is 3. The zero-order valence-electron chi connectivity index (χ0n) is 11.3. The maximum absolute atomic E-state index is 11.7. The smallest absolute Gasteiger partial charge is 0.220 e. The van der Waals surface area contributed by atoms with Gasteiger partial charge in [0.05, 0.1) is 6.10 Å². The minimum atomic E-state index is -0.358. The van der Waals surface area contributed by atoms with Crippen LogP contribution in [0.3, 0.4) is 0 Å². The number of aliphatic hydroxyl groups is 1. The lowest BCUT2D eigenvalue weighted by atomic mass is 10.0. The van der Waals surface area contributed by atoms with Crippen LogP contribution in [-0.4, -0.2) is 23.7 Å². The van der Waals surface area contributed by atoms with Gasteiger partial charge in [-0.2, -0.15) is 0 Å². The summed E-state index contributed by atoms with van der Waals surface area (Å²) in [5.74, 6) is 0.458. The van der Waals surface area contributed by atoms with Crippen LogP contribution < -0.4 is 5.32 Å². The monoisotopic (exact) mass is 281 g/mol. The zero-order chi connectivity index (χ0) is 13.5. The van der Waals surface area contributed by atoms with E-state index in [1.807, 2.05) is 6.07 Å². The summed E-state index contributed by atoms with van der Waals surface area (Å²) in [5, 5.41) is 14.9. The molecule has 106 valence electrons. The molecule has 3 nitrogen and oxygen atoms in total. The molecule has 2 N–H and O–H groups in total. The number of rotatable bonds is 7. The summed E-state index contributed by atoms with van der Waals surface area (Å²) >= 11 is 1.74. The lowest BCUT2D eigenvalue weighted by molar-refractivity contribution is -0.121. The number of amides is 1. The van der Waals surface area contributed by atoms with Crippen molar-refractivity contribution in [3.8, 4) is 0 Å². The zero-order valence-corrected chi connectivity index (χ0v) is 12.1. The number of aryl methyl sites for hydroxylation is 1. The number of hydrogen-bond donors (Lipinski definition) is 2. The normalized spacial score (nSPS) is 17.5. The van der Waals surface area contributed by atoms with Gasteiger partial charge in [-0.25, -0.2) is 0 Å². The van der Waals surface area contributed by atoms with Gasteiger partial charge >= 0.3 is 0 Å². The Morgan fingerprint density at radius 2 is 2.26 bits per heavy atom. The van der Waals surface area contributed by atoms with Gasteiger partial charge in [0.25, 0.3) is 0 Å². The molecule has 1 aromatic heterocycles. The third-order valence-corrected chi connectivity index (χ3v) is 4.80. The summed E-state index contributed by atoms with van der Waals surface area (Å²) in [4.78, 5) is 13.0. The van der Waals surface area contributed by atoms with Crippen molar-refractivity contribution in [3.63, 3.8) is 0 Å². The Labute approximate surface area is 119 Å². The van der Waals surface area contributed by atoms with E-state index in [1.165, 1.54) is 17.7 Å². The highest BCUT2D eigenvalue weighted by Crippen LogP contribution is 2.27. The van der Waals surface area contributed by atoms with E-state index in [-0.39, 0.29) is 12.0 Å². The first-order valence-corrected chi connectivity index (χ1v) is 8.11. The number of carbonyl (C=O) groups is 1. The molecule has 4 heteroatoms. The van der Waals surface area contributed by atoms with Crippen LogP contribution in [-0.2, 0) is 11.2 Å². The highest BCUT2D eigenvalue weighted by atomic mass is 32.1. The summed E-state index contributed by atoms with van der Waals surface area (Å²) in [6, 6.07) is 4.14. The van der Waals surface area contributed by atoms with Crippen LogP contribution in [0.4, 0.5) is 0 Å². The van der Waals surface area contributed by atoms with Gasteiger partial charge in [-0.15, -0.1) is 11.3 Å². The summed E-state index contributed by atoms with van der Waals surface area (Å²) in [5.41, 5.74) is 0. The molecule has 0 bridgehead atoms. The van der Waals surface area contributed by atoms with Crippen LogP contribution in [0.2, 0.25) is 0 Å². The fourth-order valence-corrected chi connectivity index (χ4v) is 3.44. The Kier molecular flexibility index (Phi) is 5.86. The molecule has 0 radical (unpaired) electrons. The SMILES string of the molecule is O=C(CCCc1cccs1)NCC(O)C1CCCC1. The molecule has 1 atom stereocenters. The number of nitrogens with one attached hydrogen (secondary N) is 1. The second-order valence-electron chi connectivity index (χ2n) is 5.35. The van der Waals surface area contributed by atoms with E-state index in [4.69, 9.17) is 0 Å². The van der Waals surface area contributed by atoms with Crippen LogP contribution in [0.5, 0.6) is 0 Å². The molecule has 0 saturated heterocycles. The first-order chi connectivity index (χ1) is 9.25. The first kappa shape index (κ1) is 14.5. The maximum Gasteiger partial charge on any atom is 0.220 e. The molecular formula is C15H23NO2S. The molecule has 2 rings (SSSR count). The molecule has 0 aliphatic heterocycles. The van der Waals surface area contributed by atoms with E-state index in [0.717, 1.165) is 25.7 Å². The predicted molar refractivity (Wildman–Crippen MR) is 78.2 cm³/mol. The molecule has 1 fully saturated rings. The molecular weight excluding hydrogens is 258 g/mol. The Hall–Kier alpha value is -0.870. The van der Waals surface area contributed by atoms with Gasteiger partial charge in [0, 0.05) is 17.8 Å². The van der Waals surface area contributed by atoms with Crippen molar-refractivity contribution in [2.45, 2.75) is 51.0 Å². The van der Waals surface area contributed by atoms with Crippen molar-refractivity contribution in [2.75, 3.05) is 6.54 Å². The standard InChI is InChI=1S/C15H23NO2S/c17-14(12-5-1-2-6-12)11-16-15(18)9-3-7-13-8-4-10-19-13/h4,8,10,12,14,17H,1-3,5-7,9,11H2,(H,16,18). The van der Waals surface area contributed by atoms with Gasteiger partial charge in [-0.3, -0.25) is 4.79 Å². The number of aliphatic hydroxyl groups excluding tert-OH is 1. The van der Waals surface area contributed by atoms with E-state index < -0.39 is 0 Å². The minimum Gasteiger partial charge on any atom is -0.391 e. The molecule has 1 amide bonds. The third-order valence-electron chi connectivity index (χ3n) is 3.86. The second kappa shape index (κ2) is 7.65. The Bertz CT molecular complexity index is 372. The van der Waals surface area contributed by atoms with Crippen LogP contribution in [0.1, 0.15) is 43.4 Å². The van der Waals surface area contributed by atoms with E-state index in [2.05, 4.69) is 16.8 Å². The van der Waals surface area contributed by atoms with Gasteiger partial charge < -0.3 is 10.4 Å². The van der Waals surface area contributed by atoms with E-state index >= 15 is 0 Å². The van der Waals surface area contributed by atoms with Gasteiger partial charge in [0.15, 0.2) is 0 Å². The first-order valence-electron chi connectivity index (χ1n) is 7.23. The molecule has 1 saturated carbocycles. The lowest BCUT2D eigenvalue weighted by Crippen LogP contribution is -2.35. The molecule has 19 heavy (non-hydrogen) atoms. The fraction of sp³-hybridized carbons (Fsp3) is 0.667. The number of thiophene rings is 1. The number of carbonyl (C=O) groups excluding carboxylic acids is 1. The molecule has 0 aromatic carbocycles. The van der Waals surface area contributed by atoms with Crippen LogP contribution in [0.15, 0.2) is 17.5 Å². The summed E-state index contributed by atoms with van der Waals surface area (Å²) in [7, 11) is 0. The quantitative estimate of drug-likeness (QED) is 0.807. The molecule has 1 aromatic rings. The third kappa shape index (κ3) is 4.96. The Balaban J connectivity index is 1.56. The molecule has 1 heterocycles. The predicted octanol–water partition coefficient (Wildman–Crippen LogP) is 2.74. The minimum absolute atomic E-state index is 0.0635. The second-order valence-corrected chi connectivity index (χ2v) is 6.38. The lowest BCUT2D eigenvalue weighted by Gasteiger charge is -2.17. The average Bonchev–Trinajstić information content (AvgIpc) is 3.08. The molecule has 1 aliphatic carbocycles. The highest BCUT2D eigenvalue weighted by Gasteiger charge is 2.23. The molecule has 1 unspecified atom stereocenters. The van der Waals surface area contributed by atoms with Gasteiger partial charge in [0.1, 0.15) is 0 Å². The van der Waals surface area contributed by atoms with Crippen molar-refractivity contribution < 1.29 is 9.90 Å². The maximum atomic E-state index is 11.7.